The lowest BCUT2D eigenvalue weighted by molar-refractivity contribution is 0.160. The van der Waals surface area contributed by atoms with Gasteiger partial charge in [-0.25, -0.2) is 4.98 Å². The lowest BCUT2D eigenvalue weighted by Gasteiger charge is -2.34. The van der Waals surface area contributed by atoms with E-state index in [-0.39, 0.29) is 11.6 Å². The summed E-state index contributed by atoms with van der Waals surface area (Å²) in [4.78, 5) is 19.1. The fourth-order valence-corrected chi connectivity index (χ4v) is 2.88. The Kier molecular flexibility index (Phi) is 3.78. The molecule has 2 aromatic heterocycles. The maximum absolute atomic E-state index is 12.1. The Balaban J connectivity index is 1.86. The average Bonchev–Trinajstić information content (AvgIpc) is 2.42. The predicted octanol–water partition coefficient (Wildman–Crippen LogP) is 1.17. The summed E-state index contributed by atoms with van der Waals surface area (Å²) in [6.45, 7) is 6.79. The minimum Gasteiger partial charge on any atom is -0.326 e. The van der Waals surface area contributed by atoms with Crippen molar-refractivity contribution in [2.45, 2.75) is 32.9 Å². The maximum Gasteiger partial charge on any atom is 0.258 e. The van der Waals surface area contributed by atoms with E-state index < -0.39 is 0 Å². The zero-order valence-corrected chi connectivity index (χ0v) is 12.6. The third-order valence-corrected chi connectivity index (χ3v) is 4.36. The summed E-state index contributed by atoms with van der Waals surface area (Å²) in [7, 11) is 0. The number of pyridine rings is 1. The number of aromatic nitrogens is 2. The van der Waals surface area contributed by atoms with E-state index in [0.29, 0.717) is 18.1 Å². The molecule has 0 aliphatic carbocycles. The molecule has 2 N–H and O–H groups in total. The third kappa shape index (κ3) is 2.99. The van der Waals surface area contributed by atoms with Gasteiger partial charge in [0.2, 0.25) is 0 Å². The second-order valence-corrected chi connectivity index (χ2v) is 6.18. The van der Waals surface area contributed by atoms with Crippen LogP contribution in [0.25, 0.3) is 5.65 Å². The highest BCUT2D eigenvalue weighted by Gasteiger charge is 2.23. The molecule has 0 radical (unpaired) electrons. The Hall–Kier alpha value is -1.72. The number of likely N-dealkylation sites (tertiary alicyclic amines) is 1. The van der Waals surface area contributed by atoms with Crippen molar-refractivity contribution in [3.63, 3.8) is 0 Å². The maximum atomic E-state index is 12.1. The van der Waals surface area contributed by atoms with Crippen LogP contribution in [0.2, 0.25) is 0 Å². The summed E-state index contributed by atoms with van der Waals surface area (Å²) in [6, 6.07) is 5.70. The van der Waals surface area contributed by atoms with Crippen molar-refractivity contribution in [3.8, 4) is 0 Å². The molecule has 112 valence electrons. The van der Waals surface area contributed by atoms with Gasteiger partial charge in [-0.1, -0.05) is 6.92 Å². The van der Waals surface area contributed by atoms with Crippen LogP contribution in [0.4, 0.5) is 0 Å². The molecule has 0 aromatic carbocycles. The number of hydrogen-bond acceptors (Lipinski definition) is 4. The summed E-state index contributed by atoms with van der Waals surface area (Å²) in [5.74, 6) is 0.569. The summed E-state index contributed by atoms with van der Waals surface area (Å²) in [6.07, 6.45) is 2.88. The third-order valence-electron chi connectivity index (χ3n) is 4.36. The lowest BCUT2D eigenvalue weighted by atomic mass is 9.94. The van der Waals surface area contributed by atoms with Gasteiger partial charge in [-0.05, 0) is 43.5 Å². The summed E-state index contributed by atoms with van der Waals surface area (Å²) >= 11 is 0. The minimum absolute atomic E-state index is 0.0234. The van der Waals surface area contributed by atoms with Gasteiger partial charge in [-0.2, -0.15) is 0 Å². The first-order valence-corrected chi connectivity index (χ1v) is 7.50. The molecule has 21 heavy (non-hydrogen) atoms. The second-order valence-electron chi connectivity index (χ2n) is 6.18. The number of hydrogen-bond donors (Lipinski definition) is 1. The fraction of sp³-hybridized carbons (Fsp3) is 0.500. The molecule has 0 saturated carbocycles. The lowest BCUT2D eigenvalue weighted by Crippen LogP contribution is -2.47. The SMILES string of the molecule is Cc1ccn2c(=O)cc(CN3CCC(C)C(N)C3)nc2c1. The summed E-state index contributed by atoms with van der Waals surface area (Å²) in [5, 5.41) is 0. The Morgan fingerprint density at radius 3 is 3.00 bits per heavy atom. The quantitative estimate of drug-likeness (QED) is 0.900. The Labute approximate surface area is 124 Å². The van der Waals surface area contributed by atoms with Crippen LogP contribution in [0.15, 0.2) is 29.2 Å². The van der Waals surface area contributed by atoms with Gasteiger partial charge in [0.15, 0.2) is 0 Å². The van der Waals surface area contributed by atoms with Crippen LogP contribution in [0.1, 0.15) is 24.6 Å². The molecule has 1 aliphatic rings. The molecule has 1 aliphatic heterocycles. The number of nitrogens with two attached hydrogens (primary N) is 1. The number of nitrogens with zero attached hydrogens (tertiary/aromatic N) is 3. The topological polar surface area (TPSA) is 63.6 Å². The minimum atomic E-state index is -0.0234. The van der Waals surface area contributed by atoms with E-state index in [9.17, 15) is 4.79 Å². The van der Waals surface area contributed by atoms with Gasteiger partial charge < -0.3 is 5.73 Å². The van der Waals surface area contributed by atoms with E-state index >= 15 is 0 Å². The normalized spacial score (nSPS) is 23.6. The summed E-state index contributed by atoms with van der Waals surface area (Å²) in [5.41, 5.74) is 8.76. The van der Waals surface area contributed by atoms with E-state index in [4.69, 9.17) is 5.73 Å². The van der Waals surface area contributed by atoms with Crippen LogP contribution in [0, 0.1) is 12.8 Å². The van der Waals surface area contributed by atoms with Crippen molar-refractivity contribution < 1.29 is 0 Å². The highest BCUT2D eigenvalue weighted by atomic mass is 16.1. The van der Waals surface area contributed by atoms with Crippen molar-refractivity contribution >= 4 is 5.65 Å². The first-order chi connectivity index (χ1) is 10.0. The van der Waals surface area contributed by atoms with E-state index in [1.807, 2.05) is 19.1 Å². The van der Waals surface area contributed by atoms with Gasteiger partial charge in [0, 0.05) is 31.4 Å². The van der Waals surface area contributed by atoms with Crippen LogP contribution in [-0.4, -0.2) is 33.4 Å². The van der Waals surface area contributed by atoms with Gasteiger partial charge in [-0.15, -0.1) is 0 Å². The van der Waals surface area contributed by atoms with Crippen molar-refractivity contribution in [3.05, 3.63) is 46.0 Å². The highest BCUT2D eigenvalue weighted by Crippen LogP contribution is 2.17. The molecule has 2 aromatic rings. The number of rotatable bonds is 2. The van der Waals surface area contributed by atoms with E-state index in [2.05, 4.69) is 16.8 Å². The second kappa shape index (κ2) is 5.58. The van der Waals surface area contributed by atoms with Crippen molar-refractivity contribution in [1.29, 1.82) is 0 Å². The standard InChI is InChI=1S/C16H22N4O/c1-11-3-6-20-15(7-11)18-13(8-16(20)21)9-19-5-4-12(2)14(17)10-19/h3,6-8,12,14H,4-5,9-10,17H2,1-2H3. The van der Waals surface area contributed by atoms with E-state index in [1.165, 1.54) is 0 Å². The van der Waals surface area contributed by atoms with Crippen molar-refractivity contribution in [2.75, 3.05) is 13.1 Å². The number of piperidine rings is 1. The molecular weight excluding hydrogens is 264 g/mol. The molecule has 1 saturated heterocycles. The van der Waals surface area contributed by atoms with Crippen LogP contribution < -0.4 is 11.3 Å². The number of fused-ring (bicyclic) bond motifs is 1. The average molecular weight is 286 g/mol. The number of aryl methyl sites for hydroxylation is 1. The Morgan fingerprint density at radius 2 is 2.24 bits per heavy atom. The van der Waals surface area contributed by atoms with Crippen LogP contribution >= 0.6 is 0 Å². The van der Waals surface area contributed by atoms with Gasteiger partial charge in [0.25, 0.3) is 5.56 Å². The molecule has 2 unspecified atom stereocenters. The van der Waals surface area contributed by atoms with Crippen LogP contribution in [0.3, 0.4) is 0 Å². The summed E-state index contributed by atoms with van der Waals surface area (Å²) < 4.78 is 1.58. The molecule has 0 spiro atoms. The van der Waals surface area contributed by atoms with Crippen LogP contribution in [-0.2, 0) is 6.54 Å². The van der Waals surface area contributed by atoms with Gasteiger partial charge in [0.1, 0.15) is 5.65 Å². The van der Waals surface area contributed by atoms with Crippen LogP contribution in [0.5, 0.6) is 0 Å². The van der Waals surface area contributed by atoms with Crippen molar-refractivity contribution in [1.82, 2.24) is 14.3 Å². The monoisotopic (exact) mass is 286 g/mol. The first kappa shape index (κ1) is 14.2. The molecule has 0 bridgehead atoms. The predicted molar refractivity (Wildman–Crippen MR) is 83.2 cm³/mol. The molecule has 3 heterocycles. The Morgan fingerprint density at radius 1 is 1.43 bits per heavy atom. The highest BCUT2D eigenvalue weighted by molar-refractivity contribution is 5.41. The molecule has 1 fully saturated rings. The molecule has 5 nitrogen and oxygen atoms in total. The van der Waals surface area contributed by atoms with Gasteiger partial charge in [-0.3, -0.25) is 14.1 Å². The molecule has 5 heteroatoms. The fourth-order valence-electron chi connectivity index (χ4n) is 2.88. The van der Waals surface area contributed by atoms with E-state index in [0.717, 1.165) is 30.8 Å². The molecule has 3 rings (SSSR count). The zero-order valence-electron chi connectivity index (χ0n) is 12.6. The largest absolute Gasteiger partial charge is 0.326 e. The molecule has 0 amide bonds. The van der Waals surface area contributed by atoms with Gasteiger partial charge in [0.05, 0.1) is 5.69 Å². The first-order valence-electron chi connectivity index (χ1n) is 7.50. The van der Waals surface area contributed by atoms with Crippen molar-refractivity contribution in [2.24, 2.45) is 11.7 Å². The smallest absolute Gasteiger partial charge is 0.258 e. The van der Waals surface area contributed by atoms with E-state index in [1.54, 1.807) is 16.7 Å². The Bertz CT molecular complexity index is 709. The molecule has 2 atom stereocenters. The zero-order chi connectivity index (χ0) is 15.0. The molecular formula is C16H22N4O. The van der Waals surface area contributed by atoms with Gasteiger partial charge >= 0.3 is 0 Å².